The summed E-state index contributed by atoms with van der Waals surface area (Å²) in [4.78, 5) is 0. The lowest BCUT2D eigenvalue weighted by molar-refractivity contribution is 1.18. The highest BCUT2D eigenvalue weighted by molar-refractivity contribution is 6.24. The van der Waals surface area contributed by atoms with Crippen molar-refractivity contribution >= 4 is 43.6 Å². The third-order valence-corrected chi connectivity index (χ3v) is 6.48. The van der Waals surface area contributed by atoms with E-state index in [0.717, 1.165) is 0 Å². The Morgan fingerprint density at radius 3 is 1.66 bits per heavy atom. The minimum Gasteiger partial charge on any atom is -0.307 e. The Hall–Kier alpha value is -4.30. The molecule has 2 heteroatoms. The molecule has 0 N–H and O–H groups in total. The average molecular weight is 409 g/mol. The van der Waals surface area contributed by atoms with E-state index in [4.69, 9.17) is 0 Å². The summed E-state index contributed by atoms with van der Waals surface area (Å²) in [5.41, 5.74) is 7.35. The minimum atomic E-state index is 1.18. The number of nitrogens with zero attached hydrogens (tertiary/aromatic N) is 2. The van der Waals surface area contributed by atoms with E-state index in [2.05, 4.69) is 130 Å². The van der Waals surface area contributed by atoms with Gasteiger partial charge in [0.1, 0.15) is 0 Å². The van der Waals surface area contributed by atoms with Crippen molar-refractivity contribution in [2.24, 2.45) is 0 Å². The maximum absolute atomic E-state index is 2.45. The van der Waals surface area contributed by atoms with Crippen molar-refractivity contribution in [1.82, 2.24) is 9.13 Å². The zero-order valence-electron chi connectivity index (χ0n) is 17.4. The van der Waals surface area contributed by atoms with E-state index in [1.165, 1.54) is 55.0 Å². The van der Waals surface area contributed by atoms with Gasteiger partial charge in [0, 0.05) is 27.5 Å². The Kier molecular flexibility index (Phi) is 3.58. The SMILES string of the molecule is c1ccc(-n2c3ccccc3c3c2c2ccc4ccccc4c2n3-c2ccccc2)cc1. The summed E-state index contributed by atoms with van der Waals surface area (Å²) >= 11 is 0. The van der Waals surface area contributed by atoms with Crippen molar-refractivity contribution in [2.75, 3.05) is 0 Å². The Morgan fingerprint density at radius 2 is 0.906 bits per heavy atom. The van der Waals surface area contributed by atoms with Crippen LogP contribution in [0.2, 0.25) is 0 Å². The van der Waals surface area contributed by atoms with Crippen molar-refractivity contribution in [3.63, 3.8) is 0 Å². The van der Waals surface area contributed by atoms with Crippen molar-refractivity contribution in [3.05, 3.63) is 121 Å². The molecule has 0 saturated carbocycles. The molecule has 5 aromatic carbocycles. The molecule has 0 fully saturated rings. The van der Waals surface area contributed by atoms with Crippen LogP contribution in [-0.4, -0.2) is 9.13 Å². The van der Waals surface area contributed by atoms with Gasteiger partial charge in [0.15, 0.2) is 0 Å². The molecular formula is C30H20N2. The second-order valence-corrected chi connectivity index (χ2v) is 8.24. The molecule has 150 valence electrons. The Morgan fingerprint density at radius 1 is 0.344 bits per heavy atom. The van der Waals surface area contributed by atoms with Crippen LogP contribution in [0, 0.1) is 0 Å². The molecular weight excluding hydrogens is 388 g/mol. The van der Waals surface area contributed by atoms with Crippen LogP contribution in [0.1, 0.15) is 0 Å². The van der Waals surface area contributed by atoms with Crippen LogP contribution in [0.5, 0.6) is 0 Å². The molecule has 0 radical (unpaired) electrons. The molecule has 2 nitrogen and oxygen atoms in total. The number of fused-ring (bicyclic) bond motifs is 7. The van der Waals surface area contributed by atoms with Gasteiger partial charge in [-0.3, -0.25) is 0 Å². The highest BCUT2D eigenvalue weighted by atomic mass is 15.1. The van der Waals surface area contributed by atoms with E-state index in [-0.39, 0.29) is 0 Å². The quantitative estimate of drug-likeness (QED) is 0.275. The van der Waals surface area contributed by atoms with Crippen LogP contribution in [0.25, 0.3) is 55.0 Å². The van der Waals surface area contributed by atoms with Crippen molar-refractivity contribution in [1.29, 1.82) is 0 Å². The summed E-state index contributed by atoms with van der Waals surface area (Å²) in [7, 11) is 0. The zero-order valence-corrected chi connectivity index (χ0v) is 17.4. The third kappa shape index (κ3) is 2.29. The number of para-hydroxylation sites is 3. The Labute approximate surface area is 185 Å². The van der Waals surface area contributed by atoms with E-state index in [0.29, 0.717) is 0 Å². The van der Waals surface area contributed by atoms with Crippen LogP contribution < -0.4 is 0 Å². The number of benzene rings is 5. The van der Waals surface area contributed by atoms with Crippen molar-refractivity contribution in [2.45, 2.75) is 0 Å². The van der Waals surface area contributed by atoms with Gasteiger partial charge >= 0.3 is 0 Å². The van der Waals surface area contributed by atoms with E-state index in [1.807, 2.05) is 0 Å². The van der Waals surface area contributed by atoms with Gasteiger partial charge in [-0.1, -0.05) is 91.0 Å². The molecule has 0 bridgehead atoms. The van der Waals surface area contributed by atoms with E-state index in [1.54, 1.807) is 0 Å². The van der Waals surface area contributed by atoms with Gasteiger partial charge < -0.3 is 9.13 Å². The van der Waals surface area contributed by atoms with Crippen LogP contribution in [0.3, 0.4) is 0 Å². The van der Waals surface area contributed by atoms with Crippen LogP contribution in [-0.2, 0) is 0 Å². The molecule has 2 heterocycles. The topological polar surface area (TPSA) is 9.86 Å². The molecule has 0 unspecified atom stereocenters. The summed E-state index contributed by atoms with van der Waals surface area (Å²) in [5.74, 6) is 0. The molecule has 0 aliphatic rings. The molecule has 7 aromatic rings. The number of hydrogen-bond acceptors (Lipinski definition) is 0. The second kappa shape index (κ2) is 6.60. The van der Waals surface area contributed by atoms with Gasteiger partial charge in [-0.2, -0.15) is 0 Å². The lowest BCUT2D eigenvalue weighted by atomic mass is 10.1. The summed E-state index contributed by atoms with van der Waals surface area (Å²) in [6.45, 7) is 0. The monoisotopic (exact) mass is 408 g/mol. The van der Waals surface area contributed by atoms with Crippen LogP contribution >= 0.6 is 0 Å². The molecule has 0 aliphatic carbocycles. The van der Waals surface area contributed by atoms with Gasteiger partial charge in [0.25, 0.3) is 0 Å². The maximum Gasteiger partial charge on any atom is 0.0804 e. The molecule has 0 saturated heterocycles. The first-order valence-corrected chi connectivity index (χ1v) is 11.0. The smallest absolute Gasteiger partial charge is 0.0804 e. The van der Waals surface area contributed by atoms with Crippen molar-refractivity contribution < 1.29 is 0 Å². The first-order chi connectivity index (χ1) is 15.9. The lowest BCUT2D eigenvalue weighted by Gasteiger charge is -2.10. The molecule has 0 amide bonds. The van der Waals surface area contributed by atoms with Gasteiger partial charge in [0.2, 0.25) is 0 Å². The Balaban J connectivity index is 1.82. The fourth-order valence-corrected chi connectivity index (χ4v) is 5.18. The molecule has 0 aliphatic heterocycles. The molecule has 0 atom stereocenters. The summed E-state index contributed by atoms with van der Waals surface area (Å²) in [6, 6.07) is 43.4. The van der Waals surface area contributed by atoms with Gasteiger partial charge in [-0.05, 0) is 35.7 Å². The standard InChI is InChI=1S/C30H20N2/c1-3-12-22(13-4-1)31-27-18-10-9-17-25(27)29-30(31)26-20-19-21-11-7-8-16-24(21)28(26)32(29)23-14-5-2-6-15-23/h1-20H. The van der Waals surface area contributed by atoms with Crippen molar-refractivity contribution in [3.8, 4) is 11.4 Å². The average Bonchev–Trinajstić information content (AvgIpc) is 3.38. The fourth-order valence-electron chi connectivity index (χ4n) is 5.18. The van der Waals surface area contributed by atoms with Gasteiger partial charge in [-0.15, -0.1) is 0 Å². The highest BCUT2D eigenvalue weighted by Crippen LogP contribution is 2.42. The van der Waals surface area contributed by atoms with Crippen LogP contribution in [0.4, 0.5) is 0 Å². The molecule has 32 heavy (non-hydrogen) atoms. The normalized spacial score (nSPS) is 11.8. The van der Waals surface area contributed by atoms with Crippen LogP contribution in [0.15, 0.2) is 121 Å². The number of rotatable bonds is 2. The largest absolute Gasteiger partial charge is 0.307 e. The first-order valence-electron chi connectivity index (χ1n) is 11.0. The molecule has 7 rings (SSSR count). The zero-order chi connectivity index (χ0) is 21.1. The summed E-state index contributed by atoms with van der Waals surface area (Å²) in [5, 5.41) is 5.06. The number of hydrogen-bond donors (Lipinski definition) is 0. The molecule has 0 spiro atoms. The molecule has 2 aromatic heterocycles. The lowest BCUT2D eigenvalue weighted by Crippen LogP contribution is -1.94. The third-order valence-electron chi connectivity index (χ3n) is 6.48. The van der Waals surface area contributed by atoms with Gasteiger partial charge in [-0.25, -0.2) is 0 Å². The summed E-state index contributed by atoms with van der Waals surface area (Å²) < 4.78 is 4.87. The predicted molar refractivity (Wildman–Crippen MR) is 135 cm³/mol. The highest BCUT2D eigenvalue weighted by Gasteiger charge is 2.22. The minimum absolute atomic E-state index is 1.18. The summed E-state index contributed by atoms with van der Waals surface area (Å²) in [6.07, 6.45) is 0. The van der Waals surface area contributed by atoms with Gasteiger partial charge in [0.05, 0.1) is 22.1 Å². The predicted octanol–water partition coefficient (Wildman–Crippen LogP) is 7.88. The Bertz CT molecular complexity index is 1750. The van der Waals surface area contributed by atoms with E-state index < -0.39 is 0 Å². The maximum atomic E-state index is 2.45. The first kappa shape index (κ1) is 17.4. The van der Waals surface area contributed by atoms with E-state index in [9.17, 15) is 0 Å². The second-order valence-electron chi connectivity index (χ2n) is 8.24. The van der Waals surface area contributed by atoms with E-state index >= 15 is 0 Å². The number of aromatic nitrogens is 2. The fraction of sp³-hybridized carbons (Fsp3) is 0.